The number of rotatable bonds is 7. The van der Waals surface area contributed by atoms with Crippen molar-refractivity contribution < 1.29 is 14.3 Å². The van der Waals surface area contributed by atoms with Gasteiger partial charge < -0.3 is 14.6 Å². The van der Waals surface area contributed by atoms with Crippen LogP contribution in [0.3, 0.4) is 0 Å². The quantitative estimate of drug-likeness (QED) is 0.432. The van der Waals surface area contributed by atoms with Crippen molar-refractivity contribution in [3.63, 3.8) is 0 Å². The van der Waals surface area contributed by atoms with Crippen molar-refractivity contribution >= 4 is 18.0 Å². The molecule has 2 aliphatic rings. The Morgan fingerprint density at radius 3 is 2.50 bits per heavy atom. The van der Waals surface area contributed by atoms with Crippen molar-refractivity contribution in [3.05, 3.63) is 64.5 Å². The van der Waals surface area contributed by atoms with Crippen molar-refractivity contribution in [2.24, 2.45) is 0 Å². The van der Waals surface area contributed by atoms with Crippen LogP contribution in [-0.2, 0) is 14.3 Å². The maximum Gasteiger partial charge on any atom is 0.350 e. The molecular weight excluding hydrogens is 378 g/mol. The minimum atomic E-state index is -1.09. The van der Waals surface area contributed by atoms with Gasteiger partial charge in [0.05, 0.1) is 0 Å². The molecule has 0 bridgehead atoms. The van der Waals surface area contributed by atoms with Gasteiger partial charge in [0.25, 0.3) is 5.91 Å². The largest absolute Gasteiger partial charge is 0.443 e. The van der Waals surface area contributed by atoms with Crippen LogP contribution in [0.5, 0.6) is 0 Å². The van der Waals surface area contributed by atoms with Gasteiger partial charge in [0.2, 0.25) is 6.10 Å². The third kappa shape index (κ3) is 4.30. The summed E-state index contributed by atoms with van der Waals surface area (Å²) in [5, 5.41) is 12.5. The first kappa shape index (κ1) is 20.0. The highest BCUT2D eigenvalue weighted by Crippen LogP contribution is 2.38. The molecule has 2 aliphatic carbocycles. The Balaban J connectivity index is 1.57. The molecule has 0 spiro atoms. The lowest BCUT2D eigenvalue weighted by molar-refractivity contribution is -0.152. The van der Waals surface area contributed by atoms with E-state index in [9.17, 15) is 14.9 Å². The Bertz CT molecular complexity index is 1040. The van der Waals surface area contributed by atoms with E-state index in [4.69, 9.17) is 4.74 Å². The molecule has 1 heterocycles. The first-order valence-corrected chi connectivity index (χ1v) is 10.3. The van der Waals surface area contributed by atoms with Crippen LogP contribution >= 0.6 is 0 Å². The van der Waals surface area contributed by atoms with Gasteiger partial charge in [-0.05, 0) is 57.2 Å². The SMILES string of the molecule is Cc1cc(/C=C(\C#N)C(=O)O[C@@H](C(=O)NC2CC2)c2ccccc2)c(C)n1C1CC1. The highest BCUT2D eigenvalue weighted by molar-refractivity contribution is 5.99. The minimum absolute atomic E-state index is 0.119. The van der Waals surface area contributed by atoms with Crippen LogP contribution in [0.15, 0.2) is 42.0 Å². The Morgan fingerprint density at radius 1 is 1.20 bits per heavy atom. The van der Waals surface area contributed by atoms with Crippen LogP contribution in [0.1, 0.15) is 60.3 Å². The van der Waals surface area contributed by atoms with Crippen LogP contribution in [-0.4, -0.2) is 22.5 Å². The van der Waals surface area contributed by atoms with Crippen LogP contribution in [0.2, 0.25) is 0 Å². The number of esters is 1. The molecule has 2 aromatic rings. The number of ether oxygens (including phenoxy) is 1. The van der Waals surface area contributed by atoms with Crippen molar-refractivity contribution in [2.75, 3.05) is 0 Å². The third-order valence-corrected chi connectivity index (χ3v) is 5.56. The standard InChI is InChI=1S/C24H25N3O3/c1-15-12-18(16(2)27(15)21-10-11-21)13-19(14-25)24(29)30-22(17-6-4-3-5-7-17)23(28)26-20-8-9-20/h3-7,12-13,20-22H,8-11H2,1-2H3,(H,26,28)/b19-13+/t22-/m1/s1. The number of carbonyl (C=O) groups is 2. The van der Waals surface area contributed by atoms with E-state index in [1.54, 1.807) is 30.3 Å². The fraction of sp³-hybridized carbons (Fsp3) is 0.375. The van der Waals surface area contributed by atoms with Crippen molar-refractivity contribution in [1.29, 1.82) is 5.26 Å². The van der Waals surface area contributed by atoms with Crippen LogP contribution < -0.4 is 5.32 Å². The third-order valence-electron chi connectivity index (χ3n) is 5.56. The lowest BCUT2D eigenvalue weighted by Gasteiger charge is -2.17. The highest BCUT2D eigenvalue weighted by atomic mass is 16.5. The van der Waals surface area contributed by atoms with Gasteiger partial charge >= 0.3 is 5.97 Å². The van der Waals surface area contributed by atoms with Crippen LogP contribution in [0, 0.1) is 25.2 Å². The predicted molar refractivity (Wildman–Crippen MR) is 112 cm³/mol. The zero-order chi connectivity index (χ0) is 21.3. The molecule has 30 heavy (non-hydrogen) atoms. The number of amides is 1. The van der Waals surface area contributed by atoms with Gasteiger partial charge in [-0.2, -0.15) is 5.26 Å². The number of hydrogen-bond acceptors (Lipinski definition) is 4. The first-order valence-electron chi connectivity index (χ1n) is 10.3. The minimum Gasteiger partial charge on any atom is -0.443 e. The van der Waals surface area contributed by atoms with Gasteiger partial charge in [-0.3, -0.25) is 4.79 Å². The second-order valence-electron chi connectivity index (χ2n) is 8.08. The fourth-order valence-corrected chi connectivity index (χ4v) is 3.71. The van der Waals surface area contributed by atoms with E-state index in [0.717, 1.165) is 42.6 Å². The molecule has 0 aliphatic heterocycles. The summed E-state index contributed by atoms with van der Waals surface area (Å²) in [6, 6.07) is 13.5. The topological polar surface area (TPSA) is 84.1 Å². The molecule has 154 valence electrons. The van der Waals surface area contributed by atoms with Gasteiger partial charge in [0, 0.05) is 29.0 Å². The van der Waals surface area contributed by atoms with Crippen LogP contribution in [0.4, 0.5) is 0 Å². The second-order valence-corrected chi connectivity index (χ2v) is 8.08. The zero-order valence-corrected chi connectivity index (χ0v) is 17.2. The number of nitrogens with one attached hydrogen (secondary N) is 1. The van der Waals surface area contributed by atoms with E-state index in [1.165, 1.54) is 0 Å². The summed E-state index contributed by atoms with van der Waals surface area (Å²) in [4.78, 5) is 25.5. The maximum absolute atomic E-state index is 12.8. The molecule has 4 rings (SSSR count). The Hall–Kier alpha value is -3.33. The van der Waals surface area contributed by atoms with E-state index >= 15 is 0 Å². The van der Waals surface area contributed by atoms with E-state index in [2.05, 4.69) is 9.88 Å². The molecule has 0 unspecified atom stereocenters. The van der Waals surface area contributed by atoms with Gasteiger partial charge in [0.1, 0.15) is 11.6 Å². The molecule has 2 saturated carbocycles. The average Bonchev–Trinajstić information content (AvgIpc) is 3.66. The van der Waals surface area contributed by atoms with Gasteiger partial charge in [-0.25, -0.2) is 4.79 Å². The summed E-state index contributed by atoms with van der Waals surface area (Å²) in [6.45, 7) is 4.02. The lowest BCUT2D eigenvalue weighted by atomic mass is 10.1. The molecule has 1 aromatic heterocycles. The average molecular weight is 403 g/mol. The maximum atomic E-state index is 12.8. The molecule has 1 N–H and O–H groups in total. The smallest absolute Gasteiger partial charge is 0.350 e. The zero-order valence-electron chi connectivity index (χ0n) is 17.2. The molecule has 1 amide bonds. The number of nitrogens with zero attached hydrogens (tertiary/aromatic N) is 2. The number of nitriles is 1. The molecule has 6 heteroatoms. The van der Waals surface area contributed by atoms with Crippen molar-refractivity contribution in [3.8, 4) is 6.07 Å². The van der Waals surface area contributed by atoms with Gasteiger partial charge in [-0.15, -0.1) is 0 Å². The Labute approximate surface area is 176 Å². The number of aryl methyl sites for hydroxylation is 1. The van der Waals surface area contributed by atoms with Gasteiger partial charge in [0.15, 0.2) is 0 Å². The summed E-state index contributed by atoms with van der Waals surface area (Å²) in [5.41, 5.74) is 3.42. The molecule has 2 fully saturated rings. The number of carbonyl (C=O) groups excluding carboxylic acids is 2. The van der Waals surface area contributed by atoms with Gasteiger partial charge in [-0.1, -0.05) is 30.3 Å². The monoisotopic (exact) mass is 403 g/mol. The van der Waals surface area contributed by atoms with E-state index < -0.39 is 12.1 Å². The molecule has 1 aromatic carbocycles. The van der Waals surface area contributed by atoms with Crippen molar-refractivity contribution in [1.82, 2.24) is 9.88 Å². The highest BCUT2D eigenvalue weighted by Gasteiger charge is 2.32. The molecule has 6 nitrogen and oxygen atoms in total. The fourth-order valence-electron chi connectivity index (χ4n) is 3.71. The number of hydrogen-bond donors (Lipinski definition) is 1. The number of benzene rings is 1. The van der Waals surface area contributed by atoms with Crippen molar-refractivity contribution in [2.45, 2.75) is 57.7 Å². The summed E-state index contributed by atoms with van der Waals surface area (Å²) in [7, 11) is 0. The molecule has 0 saturated heterocycles. The summed E-state index contributed by atoms with van der Waals surface area (Å²) in [6.07, 6.45) is 4.64. The Kier molecular flexibility index (Phi) is 5.45. The normalized spacial score (nSPS) is 17.2. The van der Waals surface area contributed by atoms with E-state index in [0.29, 0.717) is 11.6 Å². The van der Waals surface area contributed by atoms with Crippen LogP contribution in [0.25, 0.3) is 6.08 Å². The van der Waals surface area contributed by atoms with E-state index in [1.807, 2.05) is 32.0 Å². The number of aromatic nitrogens is 1. The Morgan fingerprint density at radius 2 is 1.90 bits per heavy atom. The predicted octanol–water partition coefficient (Wildman–Crippen LogP) is 3.91. The molecule has 0 radical (unpaired) electrons. The summed E-state index contributed by atoms with van der Waals surface area (Å²) in [5.74, 6) is -1.16. The second kappa shape index (κ2) is 8.19. The van der Waals surface area contributed by atoms with E-state index in [-0.39, 0.29) is 17.5 Å². The summed E-state index contributed by atoms with van der Waals surface area (Å²) >= 11 is 0. The lowest BCUT2D eigenvalue weighted by Crippen LogP contribution is -2.33. The first-order chi connectivity index (χ1) is 14.5. The summed E-state index contributed by atoms with van der Waals surface area (Å²) < 4.78 is 7.79. The molecule has 1 atom stereocenters. The molecular formula is C24H25N3O3.